The van der Waals surface area contributed by atoms with Crippen molar-refractivity contribution in [2.75, 3.05) is 10.2 Å². The summed E-state index contributed by atoms with van der Waals surface area (Å²) in [6, 6.07) is 23.3. The molecule has 6 nitrogen and oxygen atoms in total. The number of nitrogens with zero attached hydrogens (tertiary/aromatic N) is 3. The molecule has 2 unspecified atom stereocenters. The first-order valence-electron chi connectivity index (χ1n) is 11.9. The van der Waals surface area contributed by atoms with Crippen LogP contribution < -0.4 is 15.5 Å². The number of carbonyl (C=O) groups excluding carboxylic acids is 1. The molecule has 188 valence electrons. The molecule has 9 heteroatoms. The average Bonchev–Trinajstić information content (AvgIpc) is 3.50. The number of benzene rings is 2. The zero-order valence-electron chi connectivity index (χ0n) is 20.2. The average molecular weight is 595 g/mol. The third-order valence-corrected chi connectivity index (χ3v) is 7.40. The highest BCUT2D eigenvalue weighted by molar-refractivity contribution is 9.10. The van der Waals surface area contributed by atoms with Gasteiger partial charge in [0, 0.05) is 39.9 Å². The van der Waals surface area contributed by atoms with E-state index in [-0.39, 0.29) is 23.9 Å². The number of nitrogens with one attached hydrogen (secondary N) is 2. The van der Waals surface area contributed by atoms with Gasteiger partial charge in [0.2, 0.25) is 5.91 Å². The van der Waals surface area contributed by atoms with E-state index in [1.165, 1.54) is 0 Å². The minimum absolute atomic E-state index is 0.0899. The number of aromatic nitrogens is 2. The predicted octanol–water partition coefficient (Wildman–Crippen LogP) is 7.06. The van der Waals surface area contributed by atoms with Crippen molar-refractivity contribution >= 4 is 62.1 Å². The maximum atomic E-state index is 12.2. The zero-order chi connectivity index (χ0) is 26.1. The molecule has 0 bridgehead atoms. The van der Waals surface area contributed by atoms with Crippen LogP contribution in [0.15, 0.2) is 89.7 Å². The van der Waals surface area contributed by atoms with Crippen LogP contribution in [0.2, 0.25) is 5.02 Å². The van der Waals surface area contributed by atoms with Gasteiger partial charge in [-0.15, -0.1) is 0 Å². The molecule has 0 radical (unpaired) electrons. The van der Waals surface area contributed by atoms with Crippen LogP contribution in [-0.4, -0.2) is 20.6 Å². The Morgan fingerprint density at radius 3 is 2.62 bits per heavy atom. The first kappa shape index (κ1) is 25.4. The molecule has 2 aromatic heterocycles. The van der Waals surface area contributed by atoms with Gasteiger partial charge in [0.05, 0.1) is 22.4 Å². The van der Waals surface area contributed by atoms with E-state index >= 15 is 0 Å². The molecule has 2 N–H and O–H groups in total. The highest BCUT2D eigenvalue weighted by atomic mass is 79.9. The Morgan fingerprint density at radius 2 is 1.92 bits per heavy atom. The number of anilines is 2. The van der Waals surface area contributed by atoms with Crippen LogP contribution in [0.5, 0.6) is 0 Å². The Labute approximate surface area is 234 Å². The zero-order valence-corrected chi connectivity index (χ0v) is 23.4. The van der Waals surface area contributed by atoms with Crippen molar-refractivity contribution in [2.24, 2.45) is 5.92 Å². The molecular weight excluding hydrogens is 570 g/mol. The van der Waals surface area contributed by atoms with Gasteiger partial charge in [-0.25, -0.2) is 0 Å². The fraction of sp³-hybridized carbons (Fsp3) is 0.179. The van der Waals surface area contributed by atoms with Gasteiger partial charge >= 0.3 is 0 Å². The van der Waals surface area contributed by atoms with Gasteiger partial charge in [0.25, 0.3) is 0 Å². The molecule has 4 aromatic rings. The number of thiocarbonyl (C=S) groups is 1. The minimum atomic E-state index is -0.219. The van der Waals surface area contributed by atoms with E-state index in [4.69, 9.17) is 23.8 Å². The van der Waals surface area contributed by atoms with E-state index in [0.29, 0.717) is 15.8 Å². The first-order valence-corrected chi connectivity index (χ1v) is 13.5. The van der Waals surface area contributed by atoms with Crippen LogP contribution in [0.25, 0.3) is 5.69 Å². The molecule has 1 amide bonds. The molecular formula is C28H25BrClN5OS. The molecule has 1 saturated heterocycles. The van der Waals surface area contributed by atoms with Crippen molar-refractivity contribution < 1.29 is 4.79 Å². The topological polar surface area (TPSA) is 62.2 Å². The molecule has 0 saturated carbocycles. The number of pyridine rings is 1. The normalized spacial score (nSPS) is 17.2. The summed E-state index contributed by atoms with van der Waals surface area (Å²) in [5.74, 6) is -0.242. The molecule has 2 aromatic carbocycles. The van der Waals surface area contributed by atoms with Crippen molar-refractivity contribution in [3.8, 4) is 5.69 Å². The van der Waals surface area contributed by atoms with Gasteiger partial charge in [0.15, 0.2) is 5.11 Å². The molecule has 1 aliphatic rings. The summed E-state index contributed by atoms with van der Waals surface area (Å²) in [6.07, 6.45) is 3.83. The van der Waals surface area contributed by atoms with Crippen molar-refractivity contribution in [1.82, 2.24) is 14.9 Å². The SMILES string of the molecule is CC(C)C(=O)Nc1ccc(N2C(=S)NC(c3ccccn3)C2c2cccn2-c2cccc(Br)c2)cc1Cl. The van der Waals surface area contributed by atoms with E-state index in [0.717, 1.165) is 27.2 Å². The number of carbonyl (C=O) groups is 1. The van der Waals surface area contributed by atoms with Gasteiger partial charge in [0.1, 0.15) is 6.04 Å². The van der Waals surface area contributed by atoms with Crippen LogP contribution in [0.4, 0.5) is 11.4 Å². The number of hydrogen-bond donors (Lipinski definition) is 2. The third-order valence-electron chi connectivity index (χ3n) is 6.28. The van der Waals surface area contributed by atoms with Gasteiger partial charge in [-0.2, -0.15) is 0 Å². The lowest BCUT2D eigenvalue weighted by Crippen LogP contribution is -2.30. The fourth-order valence-corrected chi connectivity index (χ4v) is 5.42. The van der Waals surface area contributed by atoms with E-state index in [1.54, 1.807) is 6.20 Å². The van der Waals surface area contributed by atoms with Crippen LogP contribution in [0.1, 0.15) is 37.3 Å². The Kier molecular flexibility index (Phi) is 7.33. The number of rotatable bonds is 6. The molecule has 5 rings (SSSR count). The minimum Gasteiger partial charge on any atom is -0.351 e. The van der Waals surface area contributed by atoms with E-state index < -0.39 is 0 Å². The van der Waals surface area contributed by atoms with E-state index in [9.17, 15) is 4.79 Å². The summed E-state index contributed by atoms with van der Waals surface area (Å²) in [5, 5.41) is 7.39. The maximum Gasteiger partial charge on any atom is 0.226 e. The highest BCUT2D eigenvalue weighted by Gasteiger charge is 2.42. The Morgan fingerprint density at radius 1 is 1.08 bits per heavy atom. The number of hydrogen-bond acceptors (Lipinski definition) is 3. The van der Waals surface area contributed by atoms with Gasteiger partial charge in [-0.1, -0.05) is 53.5 Å². The molecule has 0 aliphatic carbocycles. The van der Waals surface area contributed by atoms with Crippen molar-refractivity contribution in [2.45, 2.75) is 25.9 Å². The maximum absolute atomic E-state index is 12.2. The number of halogens is 2. The molecule has 3 heterocycles. The third kappa shape index (κ3) is 5.14. The van der Waals surface area contributed by atoms with Crippen LogP contribution in [0.3, 0.4) is 0 Å². The summed E-state index contributed by atoms with van der Waals surface area (Å²) in [5.41, 5.74) is 4.32. The lowest BCUT2D eigenvalue weighted by molar-refractivity contribution is -0.118. The summed E-state index contributed by atoms with van der Waals surface area (Å²) in [4.78, 5) is 18.9. The van der Waals surface area contributed by atoms with E-state index in [2.05, 4.69) is 59.2 Å². The molecule has 0 spiro atoms. The van der Waals surface area contributed by atoms with Crippen molar-refractivity contribution in [3.05, 3.63) is 106 Å². The molecule has 1 fully saturated rings. The Hall–Kier alpha value is -3.20. The summed E-state index contributed by atoms with van der Waals surface area (Å²) in [7, 11) is 0. The van der Waals surface area contributed by atoms with Crippen LogP contribution in [0, 0.1) is 5.92 Å². The van der Waals surface area contributed by atoms with E-state index in [1.807, 2.05) is 74.6 Å². The van der Waals surface area contributed by atoms with Gasteiger partial charge in [-0.05, 0) is 72.9 Å². The smallest absolute Gasteiger partial charge is 0.226 e. The number of amides is 1. The Bertz CT molecular complexity index is 1460. The van der Waals surface area contributed by atoms with Gasteiger partial charge in [-0.3, -0.25) is 9.78 Å². The lowest BCUT2D eigenvalue weighted by Gasteiger charge is -2.29. The molecule has 37 heavy (non-hydrogen) atoms. The standard InChI is InChI=1S/C28H25BrClN5OS/c1-17(2)27(36)32-22-12-11-20(16-21(22)30)35-26(25(33-28(35)37)23-9-3-4-13-31-23)24-10-6-14-34(24)19-8-5-7-18(29)15-19/h3-17,25-26H,1-2H3,(H,32,36)(H,33,37). The second kappa shape index (κ2) is 10.7. The summed E-state index contributed by atoms with van der Waals surface area (Å²) >= 11 is 16.1. The Balaban J connectivity index is 1.60. The second-order valence-electron chi connectivity index (χ2n) is 9.09. The van der Waals surface area contributed by atoms with Crippen LogP contribution >= 0.6 is 39.7 Å². The summed E-state index contributed by atoms with van der Waals surface area (Å²) in [6.45, 7) is 3.68. The quantitative estimate of drug-likeness (QED) is 0.234. The monoisotopic (exact) mass is 593 g/mol. The largest absolute Gasteiger partial charge is 0.351 e. The molecule has 2 atom stereocenters. The highest BCUT2D eigenvalue weighted by Crippen LogP contribution is 2.43. The molecule has 1 aliphatic heterocycles. The predicted molar refractivity (Wildman–Crippen MR) is 156 cm³/mol. The first-order chi connectivity index (χ1) is 17.8. The second-order valence-corrected chi connectivity index (χ2v) is 10.8. The summed E-state index contributed by atoms with van der Waals surface area (Å²) < 4.78 is 3.15. The lowest BCUT2D eigenvalue weighted by atomic mass is 10.0. The van der Waals surface area contributed by atoms with Gasteiger partial charge < -0.3 is 20.1 Å². The van der Waals surface area contributed by atoms with Crippen molar-refractivity contribution in [1.29, 1.82) is 0 Å². The van der Waals surface area contributed by atoms with Crippen molar-refractivity contribution in [3.63, 3.8) is 0 Å². The van der Waals surface area contributed by atoms with Crippen LogP contribution in [-0.2, 0) is 4.79 Å². The fourth-order valence-electron chi connectivity index (χ4n) is 4.46.